The molecule has 4 atom stereocenters. The van der Waals surface area contributed by atoms with E-state index in [1.165, 1.54) is 11.6 Å². The van der Waals surface area contributed by atoms with Crippen molar-refractivity contribution in [3.63, 3.8) is 0 Å². The van der Waals surface area contributed by atoms with E-state index in [4.69, 9.17) is 4.74 Å². The highest BCUT2D eigenvalue weighted by molar-refractivity contribution is 6.41. The van der Waals surface area contributed by atoms with E-state index in [0.717, 1.165) is 48.0 Å². The Bertz CT molecular complexity index is 1880. The number of rotatable bonds is 17. The van der Waals surface area contributed by atoms with Crippen molar-refractivity contribution in [2.75, 3.05) is 6.61 Å². The zero-order valence-electron chi connectivity index (χ0n) is 34.8. The van der Waals surface area contributed by atoms with Crippen molar-refractivity contribution < 1.29 is 29.3 Å². The number of aliphatic hydroxyl groups is 1. The van der Waals surface area contributed by atoms with Gasteiger partial charge in [-0.3, -0.25) is 14.4 Å². The lowest BCUT2D eigenvalue weighted by molar-refractivity contribution is -0.177. The summed E-state index contributed by atoms with van der Waals surface area (Å²) in [6, 6.07) is 14.8. The third-order valence-electron chi connectivity index (χ3n) is 12.2. The van der Waals surface area contributed by atoms with Gasteiger partial charge < -0.3 is 14.9 Å². The lowest BCUT2D eigenvalue weighted by Gasteiger charge is -2.60. The SMILES string of the molecule is C=C(C)[C@@H](CC=C(C)C)C[C@@]12C[C@@H](CC=C(C)C)C(C)(C)[C@@](CC=C(C)C)(C(=O)/C(=C(\O)c3ccc(OCCCCCc4ccccc4)c(O)c3)C1=O)C2=O. The van der Waals surface area contributed by atoms with Crippen LogP contribution in [0.3, 0.4) is 0 Å². The van der Waals surface area contributed by atoms with Crippen LogP contribution in [0.1, 0.15) is 125 Å². The number of phenols is 1. The number of ketones is 3. The van der Waals surface area contributed by atoms with Crippen molar-refractivity contribution >= 4 is 23.1 Å². The number of Topliss-reactive ketones (excluding diaryl/α,β-unsaturated/α-hetero) is 3. The number of aliphatic hydroxyl groups excluding tert-OH is 1. The molecule has 2 aliphatic rings. The van der Waals surface area contributed by atoms with Gasteiger partial charge in [0.15, 0.2) is 28.8 Å². The zero-order valence-corrected chi connectivity index (χ0v) is 34.8. The van der Waals surface area contributed by atoms with E-state index < -0.39 is 33.6 Å². The van der Waals surface area contributed by atoms with Gasteiger partial charge in [0.1, 0.15) is 16.7 Å². The fraction of sp³-hybridized carbons (Fsp3) is 0.490. The van der Waals surface area contributed by atoms with E-state index in [1.807, 2.05) is 86.6 Å². The number of aryl methyl sites for hydroxylation is 1. The maximum absolute atomic E-state index is 15.4. The maximum atomic E-state index is 15.4. The first-order chi connectivity index (χ1) is 25.9. The lowest BCUT2D eigenvalue weighted by Crippen LogP contribution is -2.69. The van der Waals surface area contributed by atoms with E-state index in [9.17, 15) is 10.2 Å². The van der Waals surface area contributed by atoms with Crippen molar-refractivity contribution in [3.8, 4) is 11.5 Å². The first-order valence-corrected chi connectivity index (χ1v) is 20.0. The van der Waals surface area contributed by atoms with Gasteiger partial charge in [0.25, 0.3) is 0 Å². The Hall–Kier alpha value is -4.45. The number of carbonyl (C=O) groups is 3. The molecular formula is C49H64O6. The summed E-state index contributed by atoms with van der Waals surface area (Å²) < 4.78 is 5.91. The van der Waals surface area contributed by atoms with E-state index in [2.05, 4.69) is 30.9 Å². The third-order valence-corrected chi connectivity index (χ3v) is 12.2. The fourth-order valence-electron chi connectivity index (χ4n) is 8.63. The molecule has 55 heavy (non-hydrogen) atoms. The second-order valence-electron chi connectivity index (χ2n) is 17.4. The predicted octanol–water partition coefficient (Wildman–Crippen LogP) is 11.8. The molecule has 2 bridgehead atoms. The fourth-order valence-corrected chi connectivity index (χ4v) is 8.63. The highest BCUT2D eigenvalue weighted by atomic mass is 16.5. The molecular weight excluding hydrogens is 685 g/mol. The Labute approximate surface area is 330 Å². The van der Waals surface area contributed by atoms with Crippen LogP contribution < -0.4 is 4.74 Å². The molecule has 2 fully saturated rings. The molecule has 0 amide bonds. The summed E-state index contributed by atoms with van der Waals surface area (Å²) in [5.41, 5.74) is 1.08. The smallest absolute Gasteiger partial charge is 0.184 e. The van der Waals surface area contributed by atoms with Crippen LogP contribution in [0.15, 0.2) is 101 Å². The summed E-state index contributed by atoms with van der Waals surface area (Å²) in [7, 11) is 0. The normalized spacial score (nSPS) is 23.1. The summed E-state index contributed by atoms with van der Waals surface area (Å²) >= 11 is 0. The monoisotopic (exact) mass is 748 g/mol. The minimum absolute atomic E-state index is 0.115. The number of phenolic OH excluding ortho intramolecular Hbond substituents is 1. The van der Waals surface area contributed by atoms with Gasteiger partial charge in [0.05, 0.1) is 12.0 Å². The number of benzene rings is 2. The van der Waals surface area contributed by atoms with Crippen LogP contribution in [-0.2, 0) is 20.8 Å². The third kappa shape index (κ3) is 9.17. The molecule has 2 N–H and O–H groups in total. The van der Waals surface area contributed by atoms with Gasteiger partial charge in [0.2, 0.25) is 0 Å². The van der Waals surface area contributed by atoms with Gasteiger partial charge in [0, 0.05) is 5.56 Å². The largest absolute Gasteiger partial charge is 0.506 e. The molecule has 2 aromatic carbocycles. The van der Waals surface area contributed by atoms with Crippen molar-refractivity contribution in [2.24, 2.45) is 28.1 Å². The number of fused-ring (bicyclic) bond motifs is 2. The highest BCUT2D eigenvalue weighted by Gasteiger charge is 2.74. The Morgan fingerprint density at radius 1 is 0.873 bits per heavy atom. The molecule has 0 saturated heterocycles. The number of carbonyl (C=O) groups excluding carboxylic acids is 3. The predicted molar refractivity (Wildman–Crippen MR) is 224 cm³/mol. The molecule has 2 aromatic rings. The van der Waals surface area contributed by atoms with Crippen molar-refractivity contribution in [2.45, 2.75) is 120 Å². The molecule has 6 heteroatoms. The molecule has 2 saturated carbocycles. The average Bonchev–Trinajstić information content (AvgIpc) is 3.12. The van der Waals surface area contributed by atoms with Crippen molar-refractivity contribution in [3.05, 3.63) is 112 Å². The van der Waals surface area contributed by atoms with Gasteiger partial charge >= 0.3 is 0 Å². The molecule has 0 heterocycles. The summed E-state index contributed by atoms with van der Waals surface area (Å²) in [4.78, 5) is 45.9. The Balaban J connectivity index is 1.79. The van der Waals surface area contributed by atoms with Crippen LogP contribution in [0.4, 0.5) is 0 Å². The van der Waals surface area contributed by atoms with Gasteiger partial charge in [-0.05, 0) is 147 Å². The van der Waals surface area contributed by atoms with E-state index in [0.29, 0.717) is 19.4 Å². The summed E-state index contributed by atoms with van der Waals surface area (Å²) in [6.07, 6.45) is 11.7. The topological polar surface area (TPSA) is 101 Å². The number of ether oxygens (including phenoxy) is 1. The molecule has 0 unspecified atom stereocenters. The van der Waals surface area contributed by atoms with Crippen molar-refractivity contribution in [1.82, 2.24) is 0 Å². The number of hydrogen-bond donors (Lipinski definition) is 2. The van der Waals surface area contributed by atoms with Crippen LogP contribution in [-0.4, -0.2) is 34.2 Å². The molecule has 296 valence electrons. The molecule has 2 aliphatic carbocycles. The highest BCUT2D eigenvalue weighted by Crippen LogP contribution is 2.66. The van der Waals surface area contributed by atoms with Gasteiger partial charge in [-0.1, -0.05) is 91.3 Å². The second-order valence-corrected chi connectivity index (χ2v) is 17.4. The molecule has 0 radical (unpaired) electrons. The van der Waals surface area contributed by atoms with E-state index in [-0.39, 0.29) is 59.5 Å². The second kappa shape index (κ2) is 18.0. The minimum atomic E-state index is -1.61. The number of unbranched alkanes of at least 4 members (excludes halogenated alkanes) is 2. The van der Waals surface area contributed by atoms with E-state index >= 15 is 14.4 Å². The maximum Gasteiger partial charge on any atom is 0.184 e. The average molecular weight is 749 g/mol. The first-order valence-electron chi connectivity index (χ1n) is 20.0. The van der Waals surface area contributed by atoms with Crippen molar-refractivity contribution in [1.29, 1.82) is 0 Å². The van der Waals surface area contributed by atoms with Crippen LogP contribution in [0.25, 0.3) is 5.76 Å². The first kappa shape index (κ1) is 43.3. The van der Waals surface area contributed by atoms with Gasteiger partial charge in [-0.2, -0.15) is 0 Å². The Morgan fingerprint density at radius 2 is 1.53 bits per heavy atom. The van der Waals surface area contributed by atoms with Crippen LogP contribution in [0, 0.1) is 28.1 Å². The van der Waals surface area contributed by atoms with Crippen LogP contribution in [0.2, 0.25) is 0 Å². The molecule has 0 aliphatic heterocycles. The van der Waals surface area contributed by atoms with Crippen LogP contribution >= 0.6 is 0 Å². The summed E-state index contributed by atoms with van der Waals surface area (Å²) in [5, 5.41) is 23.1. The van der Waals surface area contributed by atoms with Gasteiger partial charge in [-0.25, -0.2) is 0 Å². The minimum Gasteiger partial charge on any atom is -0.506 e. The Morgan fingerprint density at radius 3 is 2.13 bits per heavy atom. The van der Waals surface area contributed by atoms with E-state index in [1.54, 1.807) is 12.1 Å². The molecule has 0 aromatic heterocycles. The quantitative estimate of drug-likeness (QED) is 0.0417. The number of allylic oxidation sites excluding steroid dienone is 8. The summed E-state index contributed by atoms with van der Waals surface area (Å²) in [5.74, 6) is -2.48. The Kier molecular flexibility index (Phi) is 14.2. The lowest BCUT2D eigenvalue weighted by atomic mass is 9.38. The summed E-state index contributed by atoms with van der Waals surface area (Å²) in [6.45, 7) is 22.5. The number of aromatic hydroxyl groups is 1. The van der Waals surface area contributed by atoms with Gasteiger partial charge in [-0.15, -0.1) is 0 Å². The molecule has 0 spiro atoms. The van der Waals surface area contributed by atoms with Crippen LogP contribution in [0.5, 0.6) is 11.5 Å². The molecule has 4 rings (SSSR count). The standard InChI is InChI=1S/C49H64O6/c1-32(2)20-22-38(35(7)8)30-48-31-39(24-21-33(3)4)47(9,10)49(46(48)54,27-26-34(5)6)45(53)42(44(48)52)43(51)37-23-25-41(40(50)29-37)55-28-16-12-15-19-36-17-13-11-14-18-36/h11,13-14,17-18,20-21,23,25-26,29,38-39,50-51H,7,12,15-16,19,22,24,27-28,30-31H2,1-6,8-10H3/b43-42-/t38-,39+,48+,49-/m0/s1. The zero-order chi connectivity index (χ0) is 40.7. The molecule has 6 nitrogen and oxygen atoms in total. The number of hydrogen-bond acceptors (Lipinski definition) is 6.